The Hall–Kier alpha value is -0.780. The van der Waals surface area contributed by atoms with E-state index in [9.17, 15) is 44.1 Å². The molecule has 0 aromatic carbocycles. The van der Waals surface area contributed by atoms with Gasteiger partial charge in [-0.25, -0.2) is 0 Å². The van der Waals surface area contributed by atoms with Gasteiger partial charge in [-0.2, -0.15) is 35.1 Å². The first kappa shape index (κ1) is 14.2. The van der Waals surface area contributed by atoms with Crippen molar-refractivity contribution < 1.29 is 44.1 Å². The zero-order chi connectivity index (χ0) is 12.7. The van der Waals surface area contributed by atoms with Crippen LogP contribution in [-0.4, -0.2) is 29.0 Å². The van der Waals surface area contributed by atoms with Crippen LogP contribution in [0, 0.1) is 0 Å². The second-order valence-corrected chi connectivity index (χ2v) is 2.01. The lowest BCUT2D eigenvalue weighted by molar-refractivity contribution is -0.507. The van der Waals surface area contributed by atoms with Crippen molar-refractivity contribution in [1.82, 2.24) is 10.2 Å². The lowest BCUT2D eigenvalue weighted by Gasteiger charge is -2.32. The van der Waals surface area contributed by atoms with Crippen LogP contribution < -0.4 is 0 Å². The van der Waals surface area contributed by atoms with E-state index in [1.165, 1.54) is 0 Å². The average Bonchev–Trinajstić information content (AvgIpc) is 1.76. The molecule has 0 spiro atoms. The Kier molecular flexibility index (Phi) is 3.47. The Bertz CT molecular complexity index is 200. The third kappa shape index (κ3) is 3.09. The van der Waals surface area contributed by atoms with E-state index in [0.29, 0.717) is 0 Å². The third-order valence-electron chi connectivity index (χ3n) is 0.979. The zero-order valence-corrected chi connectivity index (χ0v) is 6.17. The van der Waals surface area contributed by atoms with Crippen LogP contribution >= 0.6 is 0 Å². The molecule has 0 fully saturated rings. The van der Waals surface area contributed by atoms with E-state index in [4.69, 9.17) is 0 Å². The standard InChI is InChI=1S/C3F10N2/c4-1(5,6)14(2(7,8)9)3(10,11)15(12)13. The normalized spacial score (nSPS) is 15.2. The number of hydrogen-bond donors (Lipinski definition) is 0. The van der Waals surface area contributed by atoms with Crippen LogP contribution in [0.25, 0.3) is 0 Å². The predicted molar refractivity (Wildman–Crippen MR) is 23.0 cm³/mol. The van der Waals surface area contributed by atoms with Crippen molar-refractivity contribution >= 4 is 0 Å². The van der Waals surface area contributed by atoms with E-state index in [1.807, 2.05) is 0 Å². The van der Waals surface area contributed by atoms with Crippen molar-refractivity contribution in [2.75, 3.05) is 0 Å². The molecule has 0 saturated heterocycles. The van der Waals surface area contributed by atoms with Crippen LogP contribution in [-0.2, 0) is 0 Å². The number of nitrogens with zero attached hydrogens (tertiary/aromatic N) is 2. The molecule has 0 rings (SSSR count). The Morgan fingerprint density at radius 3 is 0.933 bits per heavy atom. The molecule has 0 heterocycles. The molecular weight excluding hydrogens is 254 g/mol. The van der Waals surface area contributed by atoms with Gasteiger partial charge in [0.15, 0.2) is 0 Å². The maximum absolute atomic E-state index is 11.9. The smallest absolute Gasteiger partial charge is 0.166 e. The number of halogens is 10. The maximum Gasteiger partial charge on any atom is 0.473 e. The van der Waals surface area contributed by atoms with Crippen LogP contribution in [0.5, 0.6) is 0 Å². The molecule has 0 aromatic heterocycles. The fourth-order valence-electron chi connectivity index (χ4n) is 0.524. The van der Waals surface area contributed by atoms with Crippen molar-refractivity contribution in [3.8, 4) is 0 Å². The fraction of sp³-hybridized carbons (Fsp3) is 1.00. The molecule has 0 atom stereocenters. The monoisotopic (exact) mass is 254 g/mol. The molecule has 0 aliphatic carbocycles. The van der Waals surface area contributed by atoms with Gasteiger partial charge in [-0.3, -0.25) is 0 Å². The van der Waals surface area contributed by atoms with Crippen LogP contribution in [0.2, 0.25) is 0 Å². The summed E-state index contributed by atoms with van der Waals surface area (Å²) in [5, 5.41) is -3.49. The van der Waals surface area contributed by atoms with E-state index in [1.54, 1.807) is 0 Å². The Balaban J connectivity index is 5.33. The van der Waals surface area contributed by atoms with Crippen molar-refractivity contribution in [2.45, 2.75) is 18.8 Å². The van der Waals surface area contributed by atoms with Gasteiger partial charge in [0.25, 0.3) is 0 Å². The van der Waals surface area contributed by atoms with Crippen LogP contribution in [0.15, 0.2) is 0 Å². The van der Waals surface area contributed by atoms with Gasteiger partial charge in [0.1, 0.15) is 5.34 Å². The summed E-state index contributed by atoms with van der Waals surface area (Å²) in [6.07, 6.45) is -19.9. The SMILES string of the molecule is FN(F)C(F)(F)N(C(F)(F)F)C(F)(F)F. The van der Waals surface area contributed by atoms with Crippen LogP contribution in [0.3, 0.4) is 0 Å². The molecule has 0 radical (unpaired) electrons. The minimum Gasteiger partial charge on any atom is -0.166 e. The highest BCUT2D eigenvalue weighted by Crippen LogP contribution is 2.43. The molecule has 92 valence electrons. The molecule has 0 N–H and O–H groups in total. The topological polar surface area (TPSA) is 6.48 Å². The first-order chi connectivity index (χ1) is 6.31. The van der Waals surface area contributed by atoms with Crippen molar-refractivity contribution in [1.29, 1.82) is 0 Å². The number of rotatable bonds is 2. The number of hydrogen-bond acceptors (Lipinski definition) is 2. The lowest BCUT2D eigenvalue weighted by Crippen LogP contribution is -2.61. The van der Waals surface area contributed by atoms with E-state index in [2.05, 4.69) is 0 Å². The summed E-state index contributed by atoms with van der Waals surface area (Å²) in [5.74, 6) is 0. The molecule has 0 unspecified atom stereocenters. The van der Waals surface area contributed by atoms with E-state index < -0.39 is 29.0 Å². The van der Waals surface area contributed by atoms with Gasteiger partial charge in [-0.15, -0.1) is 0 Å². The van der Waals surface area contributed by atoms with Crippen molar-refractivity contribution in [3.63, 3.8) is 0 Å². The largest absolute Gasteiger partial charge is 0.473 e. The van der Waals surface area contributed by atoms with Gasteiger partial charge in [-0.1, -0.05) is 8.96 Å². The maximum atomic E-state index is 11.9. The summed E-state index contributed by atoms with van der Waals surface area (Å²) in [5.41, 5.74) is 0. The highest BCUT2D eigenvalue weighted by Gasteiger charge is 2.69. The van der Waals surface area contributed by atoms with E-state index in [-0.39, 0.29) is 0 Å². The summed E-state index contributed by atoms with van der Waals surface area (Å²) >= 11 is 0. The Morgan fingerprint density at radius 1 is 0.600 bits per heavy atom. The lowest BCUT2D eigenvalue weighted by atomic mass is 10.7. The molecule has 0 aliphatic heterocycles. The van der Waals surface area contributed by atoms with Gasteiger partial charge in [0, 0.05) is 0 Å². The summed E-state index contributed by atoms with van der Waals surface area (Å²) in [4.78, 5) is -3.52. The van der Waals surface area contributed by atoms with Crippen molar-refractivity contribution in [3.05, 3.63) is 0 Å². The summed E-state index contributed by atoms with van der Waals surface area (Å²) in [6.45, 7) is 0. The summed E-state index contributed by atoms with van der Waals surface area (Å²) in [7, 11) is 0. The Labute approximate surface area is 74.5 Å². The minimum atomic E-state index is -6.70. The second-order valence-electron chi connectivity index (χ2n) is 2.01. The van der Waals surface area contributed by atoms with Crippen molar-refractivity contribution in [2.24, 2.45) is 0 Å². The summed E-state index contributed by atoms with van der Waals surface area (Å²) < 4.78 is 115. The van der Waals surface area contributed by atoms with Gasteiger partial charge in [0.05, 0.1) is 0 Å². The van der Waals surface area contributed by atoms with Gasteiger partial charge in [-0.05, 0) is 4.90 Å². The molecule has 0 saturated carbocycles. The second kappa shape index (κ2) is 3.66. The van der Waals surface area contributed by atoms with Crippen LogP contribution in [0.4, 0.5) is 44.1 Å². The van der Waals surface area contributed by atoms with Gasteiger partial charge in [0.2, 0.25) is 0 Å². The first-order valence-corrected chi connectivity index (χ1v) is 2.74. The zero-order valence-electron chi connectivity index (χ0n) is 6.17. The quantitative estimate of drug-likeness (QED) is 0.323. The average molecular weight is 254 g/mol. The van der Waals surface area contributed by atoms with Crippen LogP contribution in [0.1, 0.15) is 0 Å². The predicted octanol–water partition coefficient (Wildman–Crippen LogP) is 2.95. The molecule has 0 aromatic rings. The molecule has 15 heavy (non-hydrogen) atoms. The first-order valence-electron chi connectivity index (χ1n) is 2.74. The van der Waals surface area contributed by atoms with Gasteiger partial charge < -0.3 is 0 Å². The summed E-state index contributed by atoms with van der Waals surface area (Å²) in [6, 6.07) is 0. The molecule has 0 bridgehead atoms. The molecule has 2 nitrogen and oxygen atoms in total. The minimum absolute atomic E-state index is 3.49. The molecule has 12 heteroatoms. The molecular formula is C3F10N2. The molecule has 0 amide bonds. The van der Waals surface area contributed by atoms with Gasteiger partial charge >= 0.3 is 18.8 Å². The Morgan fingerprint density at radius 2 is 0.867 bits per heavy atom. The number of alkyl halides is 8. The highest BCUT2D eigenvalue weighted by molar-refractivity contribution is 4.69. The molecule has 0 aliphatic rings. The highest BCUT2D eigenvalue weighted by atomic mass is 19.4. The van der Waals surface area contributed by atoms with E-state index in [0.717, 1.165) is 0 Å². The fourth-order valence-corrected chi connectivity index (χ4v) is 0.524. The third-order valence-corrected chi connectivity index (χ3v) is 0.979. The van der Waals surface area contributed by atoms with E-state index >= 15 is 0 Å².